The van der Waals surface area contributed by atoms with Gasteiger partial charge in [-0.2, -0.15) is 0 Å². The van der Waals surface area contributed by atoms with Gasteiger partial charge in [-0.05, 0) is 92.1 Å². The third-order valence-corrected chi connectivity index (χ3v) is 15.5. The predicted molar refractivity (Wildman–Crippen MR) is 295 cm³/mol. The zero-order valence-electron chi connectivity index (χ0n) is 47.3. The van der Waals surface area contributed by atoms with E-state index >= 15 is 0 Å². The Morgan fingerprint density at radius 2 is 0.896 bits per heavy atom. The van der Waals surface area contributed by atoms with Gasteiger partial charge >= 0.3 is 0 Å². The highest BCUT2D eigenvalue weighted by atomic mass is 16.2. The Morgan fingerprint density at radius 1 is 0.455 bits per heavy atom. The predicted octanol–water partition coefficient (Wildman–Crippen LogP) is 4.48. The minimum atomic E-state index is -1.14. The summed E-state index contributed by atoms with van der Waals surface area (Å²) in [6.07, 6.45) is 3.81. The zero-order chi connectivity index (χ0) is 56.5. The van der Waals surface area contributed by atoms with Crippen LogP contribution in [0.4, 0.5) is 0 Å². The van der Waals surface area contributed by atoms with Crippen LogP contribution < -0.4 is 37.2 Å². The maximum atomic E-state index is 14.7. The van der Waals surface area contributed by atoms with E-state index in [9.17, 15) is 43.2 Å². The SMILES string of the molecule is CC[C@H](C)[C@@H]1NC(=O)[C@H](CC(C)C)NC(=O)[C@H](Cc2ccccc2)NC(=O)CC[C@@H](Cc2ccccc2)NC(=O)[C@@H]2CCCN2C(=O)[C@@H]2CCCN2C(=O)[C@H](C(C)C)NC(=O)[C@H](CC(C)C)NC(=O)[C@H]([C@@H](C)CC)NC1=O. The molecule has 0 aromatic heterocycles. The molecule has 0 aliphatic carbocycles. The smallest absolute Gasteiger partial charge is 0.246 e. The first kappa shape index (κ1) is 61.5. The maximum absolute atomic E-state index is 14.7. The van der Waals surface area contributed by atoms with Crippen LogP contribution in [-0.2, 0) is 56.0 Å². The summed E-state index contributed by atoms with van der Waals surface area (Å²) >= 11 is 0. The highest BCUT2D eigenvalue weighted by molar-refractivity contribution is 5.98. The van der Waals surface area contributed by atoms with Crippen LogP contribution in [0.5, 0.6) is 0 Å². The summed E-state index contributed by atoms with van der Waals surface area (Å²) in [5, 5.41) is 20.7. The van der Waals surface area contributed by atoms with Gasteiger partial charge in [0.15, 0.2) is 0 Å². The molecule has 0 unspecified atom stereocenters. The lowest BCUT2D eigenvalue weighted by molar-refractivity contribution is -0.148. The zero-order valence-corrected chi connectivity index (χ0v) is 47.3. The second-order valence-electron chi connectivity index (χ2n) is 23.0. The lowest BCUT2D eigenvalue weighted by Gasteiger charge is -2.35. The van der Waals surface area contributed by atoms with Crippen LogP contribution in [0, 0.1) is 29.6 Å². The average Bonchev–Trinajstić information content (AvgIpc) is 4.10. The number of hydrogen-bond donors (Lipinski definition) is 7. The molecule has 18 nitrogen and oxygen atoms in total. The Balaban J connectivity index is 1.55. The Bertz CT molecular complexity index is 2330. The number of carbonyl (C=O) groups is 9. The summed E-state index contributed by atoms with van der Waals surface area (Å²) in [5.41, 5.74) is 1.68. The molecule has 2 aromatic carbocycles. The molecule has 77 heavy (non-hydrogen) atoms. The highest BCUT2D eigenvalue weighted by Crippen LogP contribution is 2.27. The van der Waals surface area contributed by atoms with E-state index in [1.54, 1.807) is 18.7 Å². The Labute approximate surface area is 456 Å². The topological polar surface area (TPSA) is 244 Å². The molecule has 7 N–H and O–H groups in total. The van der Waals surface area contributed by atoms with Gasteiger partial charge in [0.2, 0.25) is 53.2 Å². The van der Waals surface area contributed by atoms with Crippen LogP contribution in [-0.4, -0.2) is 130 Å². The molecule has 3 aliphatic rings. The number of rotatable bonds is 13. The van der Waals surface area contributed by atoms with Crippen molar-refractivity contribution in [3.8, 4) is 0 Å². The maximum Gasteiger partial charge on any atom is 0.246 e. The van der Waals surface area contributed by atoms with Gasteiger partial charge in [-0.15, -0.1) is 0 Å². The molecule has 2 aromatic rings. The minimum Gasteiger partial charge on any atom is -0.351 e. The largest absolute Gasteiger partial charge is 0.351 e. The van der Waals surface area contributed by atoms with E-state index < -0.39 is 113 Å². The molecule has 0 saturated carbocycles. The van der Waals surface area contributed by atoms with Crippen LogP contribution in [0.25, 0.3) is 0 Å². The van der Waals surface area contributed by atoms with Crippen molar-refractivity contribution in [1.82, 2.24) is 47.0 Å². The molecule has 0 radical (unpaired) electrons. The van der Waals surface area contributed by atoms with Gasteiger partial charge in [0.1, 0.15) is 48.3 Å². The van der Waals surface area contributed by atoms with Gasteiger partial charge in [0.25, 0.3) is 0 Å². The molecule has 3 fully saturated rings. The number of carbonyl (C=O) groups excluding carboxylic acids is 9. The van der Waals surface area contributed by atoms with Crippen molar-refractivity contribution in [3.63, 3.8) is 0 Å². The van der Waals surface area contributed by atoms with Crippen molar-refractivity contribution in [2.24, 2.45) is 29.6 Å². The Hall–Kier alpha value is -6.33. The number of hydrogen-bond acceptors (Lipinski definition) is 9. The van der Waals surface area contributed by atoms with E-state index in [-0.39, 0.29) is 62.3 Å². The van der Waals surface area contributed by atoms with Gasteiger partial charge in [0, 0.05) is 32.0 Å². The van der Waals surface area contributed by atoms with Crippen LogP contribution in [0.3, 0.4) is 0 Å². The fourth-order valence-electron chi connectivity index (χ4n) is 10.6. The van der Waals surface area contributed by atoms with Crippen LogP contribution in [0.1, 0.15) is 145 Å². The van der Waals surface area contributed by atoms with E-state index in [1.807, 2.05) is 116 Å². The van der Waals surface area contributed by atoms with Crippen LogP contribution in [0.15, 0.2) is 60.7 Å². The monoisotopic (exact) mass is 1070 g/mol. The first-order chi connectivity index (χ1) is 36.6. The van der Waals surface area contributed by atoms with Gasteiger partial charge < -0.3 is 47.0 Å². The Morgan fingerprint density at radius 3 is 1.40 bits per heavy atom. The van der Waals surface area contributed by atoms with Crippen molar-refractivity contribution in [1.29, 1.82) is 0 Å². The number of amides is 9. The third kappa shape index (κ3) is 17.6. The number of benzene rings is 2. The van der Waals surface area contributed by atoms with E-state index in [0.717, 1.165) is 11.1 Å². The highest BCUT2D eigenvalue weighted by Gasteiger charge is 2.45. The van der Waals surface area contributed by atoms with Gasteiger partial charge in [-0.25, -0.2) is 0 Å². The van der Waals surface area contributed by atoms with E-state index in [0.29, 0.717) is 51.5 Å². The second-order valence-corrected chi connectivity index (χ2v) is 23.0. The summed E-state index contributed by atoms with van der Waals surface area (Å²) < 4.78 is 0. The lowest BCUT2D eigenvalue weighted by Crippen LogP contribution is -2.62. The summed E-state index contributed by atoms with van der Waals surface area (Å²) in [6.45, 7) is 19.2. The molecule has 9 amide bonds. The fourth-order valence-corrected chi connectivity index (χ4v) is 10.6. The number of nitrogens with zero attached hydrogens (tertiary/aromatic N) is 2. The van der Waals surface area contributed by atoms with Crippen LogP contribution in [0.2, 0.25) is 0 Å². The van der Waals surface area contributed by atoms with Crippen LogP contribution >= 0.6 is 0 Å². The summed E-state index contributed by atoms with van der Waals surface area (Å²) in [5.74, 6) is -6.09. The standard InChI is InChI=1S/C59H89N9O9/c1-11-38(9)50-56(74)63-44(32-36(5)6)53(71)64-49(37(7)8)59(77)68-30-20-26-47(68)58(76)67-29-19-25-46(67)55(73)60-42(33-40-21-15-13-16-22-40)27-28-48(69)61-45(34-41-23-17-14-18-24-41)52(70)62-43(31-35(3)4)54(72)65-51(39(10)12-2)57(75)66-50/h13-18,21-24,35-39,42-47,49-51H,11-12,19-20,25-34H2,1-10H3,(H,60,73)(H,61,69)(H,62,70)(H,63,74)(H,64,71)(H,65,72)(H,66,75)/t38-,39-,42-,43-,44-,45-,46-,47-,49-,50-,51-/m0/s1. The molecule has 11 atom stereocenters. The van der Waals surface area contributed by atoms with Crippen molar-refractivity contribution >= 4 is 53.2 Å². The van der Waals surface area contributed by atoms with Crippen molar-refractivity contribution in [2.45, 2.75) is 201 Å². The molecule has 0 spiro atoms. The first-order valence-electron chi connectivity index (χ1n) is 28.4. The van der Waals surface area contributed by atoms with E-state index in [4.69, 9.17) is 0 Å². The fraction of sp³-hybridized carbons (Fsp3) is 0.644. The first-order valence-corrected chi connectivity index (χ1v) is 28.4. The summed E-state index contributed by atoms with van der Waals surface area (Å²) in [6, 6.07) is 9.79. The van der Waals surface area contributed by atoms with Gasteiger partial charge in [-0.1, -0.05) is 143 Å². The molecule has 3 saturated heterocycles. The molecule has 3 heterocycles. The quantitative estimate of drug-likeness (QED) is 0.149. The van der Waals surface area contributed by atoms with E-state index in [2.05, 4.69) is 37.2 Å². The molecular weight excluding hydrogens is 979 g/mol. The molecule has 0 bridgehead atoms. The number of nitrogens with one attached hydrogen (secondary N) is 7. The third-order valence-electron chi connectivity index (χ3n) is 15.5. The van der Waals surface area contributed by atoms with Crippen molar-refractivity contribution < 1.29 is 43.2 Å². The van der Waals surface area contributed by atoms with Crippen molar-refractivity contribution in [3.05, 3.63) is 71.8 Å². The molecule has 424 valence electrons. The summed E-state index contributed by atoms with van der Waals surface area (Å²) in [7, 11) is 0. The lowest BCUT2D eigenvalue weighted by atomic mass is 9.93. The van der Waals surface area contributed by atoms with Gasteiger partial charge in [0.05, 0.1) is 0 Å². The van der Waals surface area contributed by atoms with E-state index in [1.165, 1.54) is 4.90 Å². The molecule has 18 heteroatoms. The molecule has 3 aliphatic heterocycles. The second kappa shape index (κ2) is 29.4. The summed E-state index contributed by atoms with van der Waals surface area (Å²) in [4.78, 5) is 133. The normalized spacial score (nSPS) is 27.2. The van der Waals surface area contributed by atoms with Gasteiger partial charge in [-0.3, -0.25) is 43.2 Å². The van der Waals surface area contributed by atoms with Crippen molar-refractivity contribution in [2.75, 3.05) is 13.1 Å². The minimum absolute atomic E-state index is 0.0775. The average molecular weight is 1070 g/mol. The Kier molecular flexibility index (Phi) is 23.5. The molecular formula is C59H89N9O9. The number of fused-ring (bicyclic) bond motifs is 2. The molecule has 5 rings (SSSR count).